The summed E-state index contributed by atoms with van der Waals surface area (Å²) in [7, 11) is 0. The van der Waals surface area contributed by atoms with E-state index in [0.29, 0.717) is 29.7 Å². The SMILES string of the molecule is C#CCN=C(NCC)NC(C)c1nc(C)c(C(=O)OCC)s1.I. The summed E-state index contributed by atoms with van der Waals surface area (Å²) in [5.41, 5.74) is 0.678. The minimum absolute atomic E-state index is 0. The smallest absolute Gasteiger partial charge is 0.350 e. The molecule has 6 nitrogen and oxygen atoms in total. The summed E-state index contributed by atoms with van der Waals surface area (Å²) in [6.07, 6.45) is 5.23. The van der Waals surface area contributed by atoms with E-state index in [2.05, 4.69) is 26.5 Å². The van der Waals surface area contributed by atoms with E-state index in [4.69, 9.17) is 11.2 Å². The average Bonchev–Trinajstić information content (AvgIpc) is 2.87. The van der Waals surface area contributed by atoms with Crippen LogP contribution < -0.4 is 10.6 Å². The lowest BCUT2D eigenvalue weighted by Crippen LogP contribution is -2.38. The van der Waals surface area contributed by atoms with Crippen LogP contribution in [0.15, 0.2) is 4.99 Å². The van der Waals surface area contributed by atoms with Gasteiger partial charge in [0.15, 0.2) is 5.96 Å². The van der Waals surface area contributed by atoms with Crippen molar-refractivity contribution in [2.24, 2.45) is 4.99 Å². The van der Waals surface area contributed by atoms with Gasteiger partial charge in [-0.25, -0.2) is 14.8 Å². The van der Waals surface area contributed by atoms with E-state index in [-0.39, 0.29) is 36.0 Å². The van der Waals surface area contributed by atoms with Crippen molar-refractivity contribution < 1.29 is 9.53 Å². The maximum Gasteiger partial charge on any atom is 0.350 e. The number of terminal acetylenes is 1. The second-order valence-corrected chi connectivity index (χ2v) is 5.48. The van der Waals surface area contributed by atoms with Crippen molar-refractivity contribution in [3.8, 4) is 12.3 Å². The molecule has 1 rings (SSSR count). The Morgan fingerprint density at radius 1 is 1.52 bits per heavy atom. The van der Waals surface area contributed by atoms with E-state index in [1.165, 1.54) is 11.3 Å². The second kappa shape index (κ2) is 11.2. The number of thiazole rings is 1. The Balaban J connectivity index is 0.00000484. The predicted octanol–water partition coefficient (Wildman–Crippen LogP) is 2.50. The molecule has 1 atom stereocenters. The van der Waals surface area contributed by atoms with Crippen molar-refractivity contribution in [2.45, 2.75) is 33.7 Å². The number of esters is 1. The maximum atomic E-state index is 11.8. The summed E-state index contributed by atoms with van der Waals surface area (Å²) in [6.45, 7) is 8.89. The van der Waals surface area contributed by atoms with Crippen LogP contribution in [0.1, 0.15) is 47.2 Å². The summed E-state index contributed by atoms with van der Waals surface area (Å²) in [5, 5.41) is 7.13. The third kappa shape index (κ3) is 6.74. The summed E-state index contributed by atoms with van der Waals surface area (Å²) < 4.78 is 5.03. The third-order valence-electron chi connectivity index (χ3n) is 2.67. The molecule has 1 heterocycles. The molecule has 2 N–H and O–H groups in total. The van der Waals surface area contributed by atoms with Crippen LogP contribution in [0, 0.1) is 19.3 Å². The zero-order chi connectivity index (χ0) is 16.5. The van der Waals surface area contributed by atoms with Gasteiger partial charge in [0.05, 0.1) is 18.3 Å². The number of aryl methyl sites for hydroxylation is 1. The summed E-state index contributed by atoms with van der Waals surface area (Å²) >= 11 is 1.33. The van der Waals surface area contributed by atoms with Gasteiger partial charge in [-0.15, -0.1) is 41.7 Å². The Kier molecular flexibility index (Phi) is 10.6. The molecule has 0 saturated heterocycles. The van der Waals surface area contributed by atoms with Gasteiger partial charge in [-0.3, -0.25) is 0 Å². The van der Waals surface area contributed by atoms with Gasteiger partial charge in [-0.05, 0) is 27.7 Å². The molecule has 0 fully saturated rings. The number of guanidine groups is 1. The fourth-order valence-electron chi connectivity index (χ4n) is 1.70. The number of ether oxygens (including phenoxy) is 1. The van der Waals surface area contributed by atoms with Crippen LogP contribution in [0.2, 0.25) is 0 Å². The summed E-state index contributed by atoms with van der Waals surface area (Å²) in [6, 6.07) is -0.0950. The van der Waals surface area contributed by atoms with Gasteiger partial charge in [-0.1, -0.05) is 5.92 Å². The van der Waals surface area contributed by atoms with Gasteiger partial charge >= 0.3 is 5.97 Å². The summed E-state index contributed by atoms with van der Waals surface area (Å²) in [5.74, 6) is 2.76. The molecule has 0 aliphatic heterocycles. The highest BCUT2D eigenvalue weighted by atomic mass is 127. The molecule has 0 aliphatic rings. The van der Waals surface area contributed by atoms with E-state index < -0.39 is 0 Å². The Morgan fingerprint density at radius 2 is 2.22 bits per heavy atom. The lowest BCUT2D eigenvalue weighted by molar-refractivity contribution is 0.0531. The topological polar surface area (TPSA) is 75.6 Å². The van der Waals surface area contributed by atoms with E-state index in [0.717, 1.165) is 11.6 Å². The molecule has 0 amide bonds. The lowest BCUT2D eigenvalue weighted by atomic mass is 10.3. The molecule has 0 aliphatic carbocycles. The Labute approximate surface area is 158 Å². The molecule has 1 aromatic rings. The zero-order valence-electron chi connectivity index (χ0n) is 13.8. The number of rotatable bonds is 6. The number of aliphatic imine (C=N–C) groups is 1. The molecule has 0 saturated carbocycles. The molecule has 128 valence electrons. The summed E-state index contributed by atoms with van der Waals surface area (Å²) in [4.78, 5) is 21.0. The first kappa shape index (κ1) is 21.7. The van der Waals surface area contributed by atoms with Gasteiger partial charge < -0.3 is 15.4 Å². The quantitative estimate of drug-likeness (QED) is 0.229. The highest BCUT2D eigenvalue weighted by Crippen LogP contribution is 2.24. The predicted molar refractivity (Wildman–Crippen MR) is 105 cm³/mol. The first-order valence-corrected chi connectivity index (χ1v) is 7.97. The Morgan fingerprint density at radius 3 is 2.78 bits per heavy atom. The van der Waals surface area contributed by atoms with Crippen LogP contribution in [0.5, 0.6) is 0 Å². The largest absolute Gasteiger partial charge is 0.462 e. The molecular weight excluding hydrogens is 427 g/mol. The maximum absolute atomic E-state index is 11.8. The standard InChI is InChI=1S/C15H22N4O2S.HI/c1-6-9-17-15(16-7-2)19-11(5)13-18-10(4)12(22-13)14(20)21-8-3;/h1,11H,7-9H2,2-5H3,(H2,16,17,19);1H. The van der Waals surface area contributed by atoms with Crippen LogP contribution >= 0.6 is 35.3 Å². The van der Waals surface area contributed by atoms with Crippen LogP contribution in [-0.2, 0) is 4.74 Å². The van der Waals surface area contributed by atoms with Gasteiger partial charge in [0.1, 0.15) is 16.4 Å². The zero-order valence-corrected chi connectivity index (χ0v) is 17.0. The van der Waals surface area contributed by atoms with E-state index in [1.54, 1.807) is 13.8 Å². The molecule has 8 heteroatoms. The van der Waals surface area contributed by atoms with Crippen LogP contribution in [0.25, 0.3) is 0 Å². The monoisotopic (exact) mass is 450 g/mol. The van der Waals surface area contributed by atoms with Crippen molar-refractivity contribution in [3.05, 3.63) is 15.6 Å². The van der Waals surface area contributed by atoms with E-state index >= 15 is 0 Å². The first-order valence-electron chi connectivity index (χ1n) is 7.16. The van der Waals surface area contributed by atoms with Gasteiger partial charge in [0.2, 0.25) is 0 Å². The number of carbonyl (C=O) groups is 1. The number of hydrogen-bond donors (Lipinski definition) is 2. The number of aromatic nitrogens is 1. The van der Waals surface area contributed by atoms with Crippen LogP contribution in [0.3, 0.4) is 0 Å². The minimum Gasteiger partial charge on any atom is -0.462 e. The molecule has 1 aromatic heterocycles. The molecule has 0 radical (unpaired) electrons. The third-order valence-corrected chi connectivity index (χ3v) is 3.99. The van der Waals surface area contributed by atoms with Crippen molar-refractivity contribution in [3.63, 3.8) is 0 Å². The molecule has 0 aromatic carbocycles. The number of nitrogens with one attached hydrogen (secondary N) is 2. The Bertz CT molecular complexity index is 581. The number of carbonyl (C=O) groups excluding carboxylic acids is 1. The minimum atomic E-state index is -0.330. The molecule has 23 heavy (non-hydrogen) atoms. The van der Waals surface area contributed by atoms with Gasteiger partial charge in [0, 0.05) is 6.54 Å². The fourth-order valence-corrected chi connectivity index (χ4v) is 2.66. The number of nitrogens with zero attached hydrogens (tertiary/aromatic N) is 2. The first-order chi connectivity index (χ1) is 10.5. The fraction of sp³-hybridized carbons (Fsp3) is 0.533. The van der Waals surface area contributed by atoms with Crippen molar-refractivity contribution in [1.82, 2.24) is 15.6 Å². The molecule has 0 bridgehead atoms. The van der Waals surface area contributed by atoms with Crippen LogP contribution in [-0.4, -0.2) is 36.6 Å². The average molecular weight is 450 g/mol. The van der Waals surface area contributed by atoms with Gasteiger partial charge in [0.25, 0.3) is 0 Å². The molecule has 0 spiro atoms. The molecular formula is C15H23IN4O2S. The lowest BCUT2D eigenvalue weighted by Gasteiger charge is -2.15. The number of halogens is 1. The second-order valence-electron chi connectivity index (χ2n) is 4.45. The van der Waals surface area contributed by atoms with Crippen LogP contribution in [0.4, 0.5) is 0 Å². The number of hydrogen-bond acceptors (Lipinski definition) is 5. The highest BCUT2D eigenvalue weighted by Gasteiger charge is 2.19. The molecule has 1 unspecified atom stereocenters. The Hall–Kier alpha value is -1.34. The van der Waals surface area contributed by atoms with E-state index in [1.807, 2.05) is 13.8 Å². The van der Waals surface area contributed by atoms with Gasteiger partial charge in [-0.2, -0.15) is 0 Å². The normalized spacial score (nSPS) is 11.9. The van der Waals surface area contributed by atoms with Crippen molar-refractivity contribution >= 4 is 47.2 Å². The van der Waals surface area contributed by atoms with Crippen molar-refractivity contribution in [2.75, 3.05) is 19.7 Å². The van der Waals surface area contributed by atoms with Crippen molar-refractivity contribution in [1.29, 1.82) is 0 Å². The van der Waals surface area contributed by atoms with E-state index in [9.17, 15) is 4.79 Å². The highest BCUT2D eigenvalue weighted by molar-refractivity contribution is 14.0.